The smallest absolute Gasteiger partial charge is 0.242 e. The first-order valence-electron chi connectivity index (χ1n) is 6.70. The zero-order valence-corrected chi connectivity index (χ0v) is 10.6. The minimum Gasteiger partial charge on any atom is -0.341 e. The maximum atomic E-state index is 12.4. The van der Waals surface area contributed by atoms with Crippen LogP contribution >= 0.6 is 0 Å². The number of hydrogen-bond donors (Lipinski definition) is 1. The van der Waals surface area contributed by atoms with E-state index < -0.39 is 0 Å². The van der Waals surface area contributed by atoms with E-state index in [9.17, 15) is 4.79 Å². The van der Waals surface area contributed by atoms with Crippen LogP contribution in [0.4, 0.5) is 0 Å². The first kappa shape index (κ1) is 11.9. The van der Waals surface area contributed by atoms with Crippen molar-refractivity contribution in [2.45, 2.75) is 51.5 Å². The summed E-state index contributed by atoms with van der Waals surface area (Å²) in [6, 6.07) is 0. The molecule has 2 aliphatic rings. The largest absolute Gasteiger partial charge is 0.341 e. The molecule has 2 rings (SSSR count). The Morgan fingerprint density at radius 2 is 2.19 bits per heavy atom. The number of nitrogens with zero attached hydrogens (tertiary/aromatic N) is 1. The lowest BCUT2D eigenvalue weighted by molar-refractivity contribution is -0.138. The van der Waals surface area contributed by atoms with Gasteiger partial charge in [-0.3, -0.25) is 4.79 Å². The SMILES string of the molecule is CCN(CC1CCC1)C(=O)C1(C)CCCN1. The molecule has 1 N–H and O–H groups in total. The number of amides is 1. The summed E-state index contributed by atoms with van der Waals surface area (Å²) in [6.07, 6.45) is 6.10. The standard InChI is InChI=1S/C13H24N2O/c1-3-15(10-11-6-4-7-11)12(16)13(2)8-5-9-14-13/h11,14H,3-10H2,1-2H3. The average Bonchev–Trinajstić information content (AvgIpc) is 2.64. The molecule has 1 amide bonds. The fourth-order valence-electron chi connectivity index (χ4n) is 2.77. The Bertz CT molecular complexity index is 255. The number of likely N-dealkylation sites (N-methyl/N-ethyl adjacent to an activating group) is 1. The molecule has 1 heterocycles. The maximum absolute atomic E-state index is 12.4. The van der Waals surface area contributed by atoms with Crippen LogP contribution in [0.25, 0.3) is 0 Å². The van der Waals surface area contributed by atoms with Gasteiger partial charge < -0.3 is 10.2 Å². The van der Waals surface area contributed by atoms with Crippen LogP contribution in [0.5, 0.6) is 0 Å². The number of carbonyl (C=O) groups is 1. The summed E-state index contributed by atoms with van der Waals surface area (Å²) >= 11 is 0. The van der Waals surface area contributed by atoms with E-state index >= 15 is 0 Å². The molecule has 3 heteroatoms. The number of rotatable bonds is 4. The van der Waals surface area contributed by atoms with Crippen molar-refractivity contribution in [2.24, 2.45) is 5.92 Å². The van der Waals surface area contributed by atoms with Gasteiger partial charge in [-0.05, 0) is 52.0 Å². The van der Waals surface area contributed by atoms with Crippen LogP contribution in [0.2, 0.25) is 0 Å². The van der Waals surface area contributed by atoms with Crippen LogP contribution in [-0.2, 0) is 4.79 Å². The quantitative estimate of drug-likeness (QED) is 0.789. The molecule has 1 aliphatic carbocycles. The molecule has 0 spiro atoms. The van der Waals surface area contributed by atoms with Crippen molar-refractivity contribution in [3.05, 3.63) is 0 Å². The molecule has 1 unspecified atom stereocenters. The van der Waals surface area contributed by atoms with E-state index in [-0.39, 0.29) is 5.54 Å². The van der Waals surface area contributed by atoms with Crippen LogP contribution in [0.15, 0.2) is 0 Å². The second-order valence-corrected chi connectivity index (χ2v) is 5.50. The third-order valence-corrected chi connectivity index (χ3v) is 4.21. The summed E-state index contributed by atoms with van der Waals surface area (Å²) in [6.45, 7) is 6.98. The van der Waals surface area contributed by atoms with Gasteiger partial charge in [-0.25, -0.2) is 0 Å². The van der Waals surface area contributed by atoms with Gasteiger partial charge in [-0.1, -0.05) is 6.42 Å². The second-order valence-electron chi connectivity index (χ2n) is 5.50. The van der Waals surface area contributed by atoms with E-state index in [2.05, 4.69) is 24.1 Å². The van der Waals surface area contributed by atoms with E-state index in [1.54, 1.807) is 0 Å². The van der Waals surface area contributed by atoms with Crippen LogP contribution in [0.1, 0.15) is 46.0 Å². The number of hydrogen-bond acceptors (Lipinski definition) is 2. The highest BCUT2D eigenvalue weighted by molar-refractivity contribution is 5.86. The molecule has 16 heavy (non-hydrogen) atoms. The summed E-state index contributed by atoms with van der Waals surface area (Å²) < 4.78 is 0. The molecule has 0 aromatic carbocycles. The molecule has 1 aliphatic heterocycles. The van der Waals surface area contributed by atoms with Crippen molar-refractivity contribution in [2.75, 3.05) is 19.6 Å². The van der Waals surface area contributed by atoms with Gasteiger partial charge in [0, 0.05) is 13.1 Å². The molecule has 0 aromatic heterocycles. The van der Waals surface area contributed by atoms with Crippen molar-refractivity contribution < 1.29 is 4.79 Å². The van der Waals surface area contributed by atoms with Crippen molar-refractivity contribution in [3.63, 3.8) is 0 Å². The summed E-state index contributed by atoms with van der Waals surface area (Å²) in [5.41, 5.74) is -0.278. The molecule has 1 atom stereocenters. The predicted octanol–water partition coefficient (Wildman–Crippen LogP) is 1.78. The monoisotopic (exact) mass is 224 g/mol. The molecule has 0 bridgehead atoms. The molecule has 0 aromatic rings. The van der Waals surface area contributed by atoms with Gasteiger partial charge in [0.1, 0.15) is 0 Å². The third kappa shape index (κ3) is 2.24. The Balaban J connectivity index is 1.93. The maximum Gasteiger partial charge on any atom is 0.242 e. The Morgan fingerprint density at radius 3 is 2.62 bits per heavy atom. The highest BCUT2D eigenvalue weighted by Crippen LogP contribution is 2.29. The Morgan fingerprint density at radius 1 is 1.44 bits per heavy atom. The van der Waals surface area contributed by atoms with E-state index in [1.165, 1.54) is 19.3 Å². The molecule has 3 nitrogen and oxygen atoms in total. The predicted molar refractivity (Wildman–Crippen MR) is 65.2 cm³/mol. The number of nitrogens with one attached hydrogen (secondary N) is 1. The second kappa shape index (κ2) is 4.74. The van der Waals surface area contributed by atoms with E-state index in [4.69, 9.17) is 0 Å². The Kier molecular flexibility index (Phi) is 3.53. The minimum atomic E-state index is -0.278. The van der Waals surface area contributed by atoms with Crippen LogP contribution in [0.3, 0.4) is 0 Å². The van der Waals surface area contributed by atoms with Gasteiger partial charge in [-0.15, -0.1) is 0 Å². The van der Waals surface area contributed by atoms with Gasteiger partial charge in [0.25, 0.3) is 0 Å². The van der Waals surface area contributed by atoms with Gasteiger partial charge in [0.2, 0.25) is 5.91 Å². The fourth-order valence-corrected chi connectivity index (χ4v) is 2.77. The lowest BCUT2D eigenvalue weighted by atomic mass is 9.84. The van der Waals surface area contributed by atoms with E-state index in [0.717, 1.165) is 38.4 Å². The van der Waals surface area contributed by atoms with E-state index in [0.29, 0.717) is 5.91 Å². The Hall–Kier alpha value is -0.570. The molecule has 1 saturated heterocycles. The summed E-state index contributed by atoms with van der Waals surface area (Å²) in [5, 5.41) is 3.37. The Labute approximate surface area is 98.6 Å². The van der Waals surface area contributed by atoms with Crippen molar-refractivity contribution in [3.8, 4) is 0 Å². The van der Waals surface area contributed by atoms with Gasteiger partial charge in [0.15, 0.2) is 0 Å². The summed E-state index contributed by atoms with van der Waals surface area (Å²) in [7, 11) is 0. The van der Waals surface area contributed by atoms with E-state index in [1.807, 2.05) is 0 Å². The minimum absolute atomic E-state index is 0.278. The lowest BCUT2D eigenvalue weighted by Gasteiger charge is -2.36. The topological polar surface area (TPSA) is 32.3 Å². The van der Waals surface area contributed by atoms with Crippen LogP contribution < -0.4 is 5.32 Å². The van der Waals surface area contributed by atoms with Crippen LogP contribution in [-0.4, -0.2) is 36.0 Å². The first-order chi connectivity index (χ1) is 7.65. The summed E-state index contributed by atoms with van der Waals surface area (Å²) in [5.74, 6) is 1.09. The molecule has 2 fully saturated rings. The van der Waals surface area contributed by atoms with Crippen molar-refractivity contribution in [1.82, 2.24) is 10.2 Å². The molecule has 92 valence electrons. The molecule has 0 radical (unpaired) electrons. The van der Waals surface area contributed by atoms with Crippen molar-refractivity contribution in [1.29, 1.82) is 0 Å². The van der Waals surface area contributed by atoms with Gasteiger partial charge in [-0.2, -0.15) is 0 Å². The van der Waals surface area contributed by atoms with Gasteiger partial charge >= 0.3 is 0 Å². The normalized spacial score (nSPS) is 30.1. The number of carbonyl (C=O) groups excluding carboxylic acids is 1. The first-order valence-corrected chi connectivity index (χ1v) is 6.70. The molecular weight excluding hydrogens is 200 g/mol. The zero-order valence-electron chi connectivity index (χ0n) is 10.6. The highest BCUT2D eigenvalue weighted by Gasteiger charge is 2.39. The van der Waals surface area contributed by atoms with Crippen molar-refractivity contribution >= 4 is 5.91 Å². The van der Waals surface area contributed by atoms with Crippen LogP contribution in [0, 0.1) is 5.92 Å². The lowest BCUT2D eigenvalue weighted by Crippen LogP contribution is -2.54. The average molecular weight is 224 g/mol. The summed E-state index contributed by atoms with van der Waals surface area (Å²) in [4.78, 5) is 14.5. The zero-order chi connectivity index (χ0) is 11.6. The fraction of sp³-hybridized carbons (Fsp3) is 0.923. The molecular formula is C13H24N2O. The molecule has 1 saturated carbocycles. The van der Waals surface area contributed by atoms with Gasteiger partial charge in [0.05, 0.1) is 5.54 Å². The highest BCUT2D eigenvalue weighted by atomic mass is 16.2. The third-order valence-electron chi connectivity index (χ3n) is 4.21.